The number of benzene rings is 2. The Labute approximate surface area is 173 Å². The number of anilines is 1. The molecular weight excluding hydrogens is 388 g/mol. The average Bonchev–Trinajstić information content (AvgIpc) is 3.16. The third kappa shape index (κ3) is 4.65. The second-order valence-electron chi connectivity index (χ2n) is 6.86. The molecule has 1 amide bonds. The first-order valence-electron chi connectivity index (χ1n) is 9.17. The van der Waals surface area contributed by atoms with Crippen molar-refractivity contribution in [3.63, 3.8) is 0 Å². The lowest BCUT2D eigenvalue weighted by Gasteiger charge is -2.15. The number of amides is 1. The molecule has 1 N–H and O–H groups in total. The van der Waals surface area contributed by atoms with Gasteiger partial charge in [-0.05, 0) is 30.0 Å². The molecule has 0 aliphatic rings. The summed E-state index contributed by atoms with van der Waals surface area (Å²) in [5.41, 5.74) is 2.97. The molecule has 0 fully saturated rings. The maximum atomic E-state index is 12.5. The van der Waals surface area contributed by atoms with E-state index in [0.717, 1.165) is 5.69 Å². The Bertz CT molecular complexity index is 1050. The number of imidazole rings is 1. The molecule has 0 saturated carbocycles. The first kappa shape index (κ1) is 20.6. The molecule has 29 heavy (non-hydrogen) atoms. The number of nitro benzene ring substituents is 1. The molecule has 0 radical (unpaired) electrons. The minimum absolute atomic E-state index is 0.0896. The van der Waals surface area contributed by atoms with Gasteiger partial charge in [0.1, 0.15) is 5.69 Å². The molecule has 0 atom stereocenters. The fourth-order valence-corrected chi connectivity index (χ4v) is 3.81. The third-order valence-corrected chi connectivity index (χ3v) is 5.44. The number of rotatable bonds is 7. The van der Waals surface area contributed by atoms with E-state index in [1.807, 2.05) is 29.0 Å². The van der Waals surface area contributed by atoms with E-state index in [4.69, 9.17) is 0 Å². The highest BCUT2D eigenvalue weighted by Crippen LogP contribution is 2.29. The van der Waals surface area contributed by atoms with Gasteiger partial charge in [-0.25, -0.2) is 4.98 Å². The first-order valence-corrected chi connectivity index (χ1v) is 10.2. The van der Waals surface area contributed by atoms with Gasteiger partial charge in [-0.15, -0.1) is 0 Å². The Kier molecular flexibility index (Phi) is 6.33. The normalized spacial score (nSPS) is 10.9. The van der Waals surface area contributed by atoms with Crippen LogP contribution in [0.15, 0.2) is 60.0 Å². The lowest BCUT2D eigenvalue weighted by Crippen LogP contribution is -2.16. The van der Waals surface area contributed by atoms with Gasteiger partial charge >= 0.3 is 0 Å². The summed E-state index contributed by atoms with van der Waals surface area (Å²) >= 11 is 1.29. The summed E-state index contributed by atoms with van der Waals surface area (Å²) < 4.78 is 1.96. The van der Waals surface area contributed by atoms with Crippen LogP contribution in [0.2, 0.25) is 0 Å². The van der Waals surface area contributed by atoms with Crippen LogP contribution in [-0.2, 0) is 4.79 Å². The summed E-state index contributed by atoms with van der Waals surface area (Å²) in [6.45, 7) is 5.99. The van der Waals surface area contributed by atoms with E-state index >= 15 is 0 Å². The largest absolute Gasteiger partial charge is 0.319 e. The van der Waals surface area contributed by atoms with Crippen molar-refractivity contribution in [3.05, 3.63) is 76.1 Å². The Morgan fingerprint density at radius 3 is 2.72 bits per heavy atom. The SMILES string of the molecule is Cc1cccc([N+](=O)[O-])c1NC(=O)CSc1nccn1-c1ccccc1C(C)C. The van der Waals surface area contributed by atoms with Crippen molar-refractivity contribution >= 4 is 29.0 Å². The summed E-state index contributed by atoms with van der Waals surface area (Å²) in [6.07, 6.45) is 3.57. The van der Waals surface area contributed by atoms with E-state index in [-0.39, 0.29) is 23.0 Å². The number of hydrogen-bond acceptors (Lipinski definition) is 5. The average molecular weight is 410 g/mol. The molecule has 0 saturated heterocycles. The lowest BCUT2D eigenvalue weighted by molar-refractivity contribution is -0.384. The number of aryl methyl sites for hydroxylation is 1. The van der Waals surface area contributed by atoms with Gasteiger partial charge < -0.3 is 5.32 Å². The molecule has 8 heteroatoms. The minimum Gasteiger partial charge on any atom is -0.319 e. The van der Waals surface area contributed by atoms with E-state index in [9.17, 15) is 14.9 Å². The zero-order valence-corrected chi connectivity index (χ0v) is 17.3. The van der Waals surface area contributed by atoms with Crippen molar-refractivity contribution in [3.8, 4) is 5.69 Å². The van der Waals surface area contributed by atoms with Gasteiger partial charge in [0.2, 0.25) is 5.91 Å². The maximum absolute atomic E-state index is 12.5. The third-order valence-electron chi connectivity index (χ3n) is 4.47. The van der Waals surface area contributed by atoms with Crippen molar-refractivity contribution < 1.29 is 9.72 Å². The van der Waals surface area contributed by atoms with Crippen molar-refractivity contribution in [2.45, 2.75) is 31.8 Å². The number of carbonyl (C=O) groups excluding carboxylic acids is 1. The number of nitrogens with zero attached hydrogens (tertiary/aromatic N) is 3. The minimum atomic E-state index is -0.495. The van der Waals surface area contributed by atoms with Gasteiger partial charge in [0.15, 0.2) is 5.16 Å². The zero-order chi connectivity index (χ0) is 21.0. The van der Waals surface area contributed by atoms with E-state index in [2.05, 4.69) is 30.2 Å². The van der Waals surface area contributed by atoms with E-state index in [1.165, 1.54) is 23.4 Å². The maximum Gasteiger partial charge on any atom is 0.293 e. The van der Waals surface area contributed by atoms with Gasteiger partial charge in [0.25, 0.3) is 5.69 Å². The van der Waals surface area contributed by atoms with Gasteiger partial charge in [-0.2, -0.15) is 0 Å². The molecule has 1 heterocycles. The van der Waals surface area contributed by atoms with Crippen LogP contribution in [0.1, 0.15) is 30.9 Å². The Balaban J connectivity index is 1.76. The number of carbonyl (C=O) groups is 1. The fraction of sp³-hybridized carbons (Fsp3) is 0.238. The zero-order valence-electron chi connectivity index (χ0n) is 16.5. The first-order chi connectivity index (χ1) is 13.9. The van der Waals surface area contributed by atoms with Crippen molar-refractivity contribution in [2.75, 3.05) is 11.1 Å². The number of hydrogen-bond donors (Lipinski definition) is 1. The predicted molar refractivity (Wildman–Crippen MR) is 115 cm³/mol. The number of nitrogens with one attached hydrogen (secondary N) is 1. The number of aromatic nitrogens is 2. The molecule has 0 unspecified atom stereocenters. The van der Waals surface area contributed by atoms with Crippen LogP contribution >= 0.6 is 11.8 Å². The molecule has 0 spiro atoms. The summed E-state index contributed by atoms with van der Waals surface area (Å²) in [6, 6.07) is 12.8. The topological polar surface area (TPSA) is 90.1 Å². The van der Waals surface area contributed by atoms with Gasteiger partial charge in [-0.1, -0.05) is 55.9 Å². The van der Waals surface area contributed by atoms with Crippen molar-refractivity contribution in [1.82, 2.24) is 9.55 Å². The van der Waals surface area contributed by atoms with Crippen LogP contribution in [0.3, 0.4) is 0 Å². The van der Waals surface area contributed by atoms with Gasteiger partial charge in [0.05, 0.1) is 16.4 Å². The van der Waals surface area contributed by atoms with E-state index < -0.39 is 4.92 Å². The molecule has 2 aromatic carbocycles. The monoisotopic (exact) mass is 410 g/mol. The van der Waals surface area contributed by atoms with Crippen LogP contribution in [0.5, 0.6) is 0 Å². The molecule has 0 bridgehead atoms. The van der Waals surface area contributed by atoms with Crippen LogP contribution in [-0.4, -0.2) is 26.1 Å². The summed E-state index contributed by atoms with van der Waals surface area (Å²) in [5, 5.41) is 14.6. The molecule has 7 nitrogen and oxygen atoms in total. The second-order valence-corrected chi connectivity index (χ2v) is 7.80. The van der Waals surface area contributed by atoms with E-state index in [0.29, 0.717) is 16.6 Å². The lowest BCUT2D eigenvalue weighted by atomic mass is 10.0. The second kappa shape index (κ2) is 8.91. The van der Waals surface area contributed by atoms with Crippen LogP contribution < -0.4 is 5.32 Å². The Morgan fingerprint density at radius 1 is 1.24 bits per heavy atom. The van der Waals surface area contributed by atoms with Gasteiger partial charge in [-0.3, -0.25) is 19.5 Å². The highest BCUT2D eigenvalue weighted by Gasteiger charge is 2.19. The number of thioether (sulfide) groups is 1. The molecular formula is C21H22N4O3S. The summed E-state index contributed by atoms with van der Waals surface area (Å²) in [4.78, 5) is 27.6. The fourth-order valence-electron chi connectivity index (χ4n) is 3.05. The molecule has 150 valence electrons. The van der Waals surface area contributed by atoms with Crippen LogP contribution in [0, 0.1) is 17.0 Å². The molecule has 3 aromatic rings. The summed E-state index contributed by atoms with van der Waals surface area (Å²) in [5.74, 6) is 0.113. The smallest absolute Gasteiger partial charge is 0.293 e. The van der Waals surface area contributed by atoms with E-state index in [1.54, 1.807) is 25.3 Å². The van der Waals surface area contributed by atoms with Crippen LogP contribution in [0.4, 0.5) is 11.4 Å². The highest BCUT2D eigenvalue weighted by atomic mass is 32.2. The van der Waals surface area contributed by atoms with Gasteiger partial charge in [0, 0.05) is 18.5 Å². The quantitative estimate of drug-likeness (QED) is 0.338. The molecule has 0 aliphatic carbocycles. The molecule has 1 aromatic heterocycles. The molecule has 0 aliphatic heterocycles. The Morgan fingerprint density at radius 2 is 2.00 bits per heavy atom. The number of nitro groups is 1. The van der Waals surface area contributed by atoms with Crippen molar-refractivity contribution in [1.29, 1.82) is 0 Å². The Hall–Kier alpha value is -3.13. The standard InChI is InChI=1S/C21H22N4O3S/c1-14(2)16-8-4-5-9-17(16)24-12-11-22-21(24)29-13-19(26)23-20-15(3)7-6-10-18(20)25(27)28/h4-12,14H,13H2,1-3H3,(H,23,26). The predicted octanol–water partition coefficient (Wildman–Crippen LogP) is 4.94. The van der Waals surface area contributed by atoms with Crippen LogP contribution in [0.25, 0.3) is 5.69 Å². The highest BCUT2D eigenvalue weighted by molar-refractivity contribution is 7.99. The summed E-state index contributed by atoms with van der Waals surface area (Å²) in [7, 11) is 0. The van der Waals surface area contributed by atoms with Crippen molar-refractivity contribution in [2.24, 2.45) is 0 Å². The molecule has 3 rings (SSSR count). The number of para-hydroxylation sites is 2.